The lowest BCUT2D eigenvalue weighted by atomic mass is 10.0. The van der Waals surface area contributed by atoms with Crippen LogP contribution in [0.15, 0.2) is 0 Å². The molecule has 1 rings (SSSR count). The summed E-state index contributed by atoms with van der Waals surface area (Å²) in [5, 5.41) is 5.58. The Balaban J connectivity index is 1.90. The summed E-state index contributed by atoms with van der Waals surface area (Å²) in [5.74, 6) is -0.00510. The Morgan fingerprint density at radius 1 is 1.57 bits per heavy atom. The molecule has 0 atom stereocenters. The zero-order valence-electron chi connectivity index (χ0n) is 7.76. The lowest BCUT2D eigenvalue weighted by Crippen LogP contribution is -2.51. The molecule has 4 nitrogen and oxygen atoms in total. The largest absolute Gasteiger partial charge is 0.374 e. The van der Waals surface area contributed by atoms with Crippen molar-refractivity contribution >= 4 is 5.91 Å². The van der Waals surface area contributed by atoms with Crippen LogP contribution in [0, 0.1) is 5.92 Å². The zero-order valence-corrected chi connectivity index (χ0v) is 7.76. The molecule has 0 aliphatic carbocycles. The third-order valence-electron chi connectivity index (χ3n) is 1.94. The fourth-order valence-corrected chi connectivity index (χ4v) is 1.04. The maximum atomic E-state index is 11.6. The molecule has 0 aromatic carbocycles. The summed E-state index contributed by atoms with van der Waals surface area (Å²) in [6.45, 7) is 1.26. The molecule has 1 aliphatic heterocycles. The number of halogens is 2. The second kappa shape index (κ2) is 5.87. The van der Waals surface area contributed by atoms with E-state index in [9.17, 15) is 13.6 Å². The van der Waals surface area contributed by atoms with Gasteiger partial charge in [-0.05, 0) is 0 Å². The number of carbonyl (C=O) groups is 1. The summed E-state index contributed by atoms with van der Waals surface area (Å²) in [6, 6.07) is 0. The average molecular weight is 208 g/mol. The standard InChI is InChI=1S/C8H14F2N2O2/c9-7(10)5-14-2-1-12-8(13)6-3-11-4-6/h6-7,11H,1-5H2,(H,12,13). The summed E-state index contributed by atoms with van der Waals surface area (Å²) in [4.78, 5) is 11.2. The SMILES string of the molecule is O=C(NCCOCC(F)F)C1CNC1. The number of nitrogens with one attached hydrogen (secondary N) is 2. The Hall–Kier alpha value is -0.750. The van der Waals surface area contributed by atoms with Gasteiger partial charge in [-0.3, -0.25) is 4.79 Å². The molecule has 0 aromatic rings. The Labute approximate surface area is 81.0 Å². The zero-order chi connectivity index (χ0) is 10.4. The first-order valence-corrected chi connectivity index (χ1v) is 4.54. The van der Waals surface area contributed by atoms with Crippen LogP contribution < -0.4 is 10.6 Å². The predicted molar refractivity (Wildman–Crippen MR) is 46.2 cm³/mol. The lowest BCUT2D eigenvalue weighted by Gasteiger charge is -2.25. The molecule has 1 heterocycles. The molecule has 0 spiro atoms. The predicted octanol–water partition coefficient (Wildman–Crippen LogP) is -0.396. The van der Waals surface area contributed by atoms with Crippen molar-refractivity contribution < 1.29 is 18.3 Å². The minimum absolute atomic E-state index is 0.0325. The molecule has 0 unspecified atom stereocenters. The number of hydrogen-bond donors (Lipinski definition) is 2. The van der Waals surface area contributed by atoms with E-state index in [1.807, 2.05) is 0 Å². The first kappa shape index (κ1) is 11.3. The number of ether oxygens (including phenoxy) is 1. The Morgan fingerprint density at radius 3 is 2.79 bits per heavy atom. The van der Waals surface area contributed by atoms with Crippen LogP contribution in [-0.4, -0.2) is 45.2 Å². The van der Waals surface area contributed by atoms with E-state index in [4.69, 9.17) is 0 Å². The van der Waals surface area contributed by atoms with Gasteiger partial charge in [-0.2, -0.15) is 0 Å². The summed E-state index contributed by atoms with van der Waals surface area (Å²) in [6.07, 6.45) is -2.44. The van der Waals surface area contributed by atoms with E-state index < -0.39 is 13.0 Å². The van der Waals surface area contributed by atoms with E-state index in [1.165, 1.54) is 0 Å². The lowest BCUT2D eigenvalue weighted by molar-refractivity contribution is -0.126. The van der Waals surface area contributed by atoms with Gasteiger partial charge < -0.3 is 15.4 Å². The third-order valence-corrected chi connectivity index (χ3v) is 1.94. The summed E-state index contributed by atoms with van der Waals surface area (Å²) in [5.41, 5.74) is 0. The van der Waals surface area contributed by atoms with Crippen LogP contribution >= 0.6 is 0 Å². The van der Waals surface area contributed by atoms with Crippen LogP contribution in [-0.2, 0) is 9.53 Å². The van der Waals surface area contributed by atoms with E-state index in [-0.39, 0.29) is 18.4 Å². The van der Waals surface area contributed by atoms with E-state index in [0.29, 0.717) is 19.6 Å². The summed E-state index contributed by atoms with van der Waals surface area (Å²) >= 11 is 0. The fourth-order valence-electron chi connectivity index (χ4n) is 1.04. The quantitative estimate of drug-likeness (QED) is 0.584. The molecule has 1 saturated heterocycles. The van der Waals surface area contributed by atoms with Crippen molar-refractivity contribution in [1.82, 2.24) is 10.6 Å². The first-order valence-electron chi connectivity index (χ1n) is 4.54. The van der Waals surface area contributed by atoms with E-state index in [0.717, 1.165) is 0 Å². The van der Waals surface area contributed by atoms with Crippen molar-refractivity contribution in [2.24, 2.45) is 5.92 Å². The molecule has 14 heavy (non-hydrogen) atoms. The molecule has 0 aromatic heterocycles. The maximum absolute atomic E-state index is 11.6. The minimum atomic E-state index is -2.44. The molecule has 1 amide bonds. The van der Waals surface area contributed by atoms with Crippen LogP contribution in [0.2, 0.25) is 0 Å². The smallest absolute Gasteiger partial charge is 0.261 e. The molecule has 2 N–H and O–H groups in total. The molecular formula is C8H14F2N2O2. The van der Waals surface area contributed by atoms with Crippen LogP contribution in [0.5, 0.6) is 0 Å². The van der Waals surface area contributed by atoms with Gasteiger partial charge >= 0.3 is 0 Å². The van der Waals surface area contributed by atoms with Crippen molar-refractivity contribution in [2.45, 2.75) is 6.43 Å². The number of carbonyl (C=O) groups excluding carboxylic acids is 1. The topological polar surface area (TPSA) is 50.4 Å². The second-order valence-corrected chi connectivity index (χ2v) is 3.11. The minimum Gasteiger partial charge on any atom is -0.374 e. The highest BCUT2D eigenvalue weighted by atomic mass is 19.3. The van der Waals surface area contributed by atoms with Gasteiger partial charge in [-0.25, -0.2) is 8.78 Å². The van der Waals surface area contributed by atoms with Gasteiger partial charge in [0.15, 0.2) is 0 Å². The van der Waals surface area contributed by atoms with Crippen molar-refractivity contribution in [3.8, 4) is 0 Å². The van der Waals surface area contributed by atoms with Crippen molar-refractivity contribution in [3.05, 3.63) is 0 Å². The van der Waals surface area contributed by atoms with Crippen molar-refractivity contribution in [2.75, 3.05) is 32.8 Å². The molecule has 1 aliphatic rings. The van der Waals surface area contributed by atoms with Gasteiger partial charge in [0.2, 0.25) is 5.91 Å². The van der Waals surface area contributed by atoms with Crippen molar-refractivity contribution in [3.63, 3.8) is 0 Å². The van der Waals surface area contributed by atoms with E-state index in [1.54, 1.807) is 0 Å². The highest BCUT2D eigenvalue weighted by molar-refractivity contribution is 5.79. The highest BCUT2D eigenvalue weighted by Gasteiger charge is 2.23. The monoisotopic (exact) mass is 208 g/mol. The maximum Gasteiger partial charge on any atom is 0.261 e. The number of rotatable bonds is 6. The van der Waals surface area contributed by atoms with Gasteiger partial charge in [0, 0.05) is 19.6 Å². The molecule has 0 saturated carbocycles. The van der Waals surface area contributed by atoms with Crippen LogP contribution in [0.3, 0.4) is 0 Å². The van der Waals surface area contributed by atoms with Gasteiger partial charge in [0.25, 0.3) is 6.43 Å². The highest BCUT2D eigenvalue weighted by Crippen LogP contribution is 2.01. The van der Waals surface area contributed by atoms with Gasteiger partial charge in [0.1, 0.15) is 6.61 Å². The third kappa shape index (κ3) is 3.97. The molecular weight excluding hydrogens is 194 g/mol. The molecule has 82 valence electrons. The fraction of sp³-hybridized carbons (Fsp3) is 0.875. The number of amides is 1. The average Bonchev–Trinajstić information content (AvgIpc) is 1.99. The van der Waals surface area contributed by atoms with Crippen LogP contribution in [0.4, 0.5) is 8.78 Å². The number of hydrogen-bond acceptors (Lipinski definition) is 3. The first-order chi connectivity index (χ1) is 6.70. The summed E-state index contributed by atoms with van der Waals surface area (Å²) in [7, 11) is 0. The summed E-state index contributed by atoms with van der Waals surface area (Å²) < 4.78 is 27.8. The number of alkyl halides is 2. The van der Waals surface area contributed by atoms with Gasteiger partial charge in [-0.1, -0.05) is 0 Å². The molecule has 0 bridgehead atoms. The van der Waals surface area contributed by atoms with E-state index >= 15 is 0 Å². The van der Waals surface area contributed by atoms with Gasteiger partial charge in [0.05, 0.1) is 12.5 Å². The Morgan fingerprint density at radius 2 is 2.29 bits per heavy atom. The Bertz CT molecular complexity index is 186. The van der Waals surface area contributed by atoms with Crippen LogP contribution in [0.1, 0.15) is 0 Å². The van der Waals surface area contributed by atoms with Crippen LogP contribution in [0.25, 0.3) is 0 Å². The van der Waals surface area contributed by atoms with Crippen molar-refractivity contribution in [1.29, 1.82) is 0 Å². The normalized spacial score (nSPS) is 16.8. The van der Waals surface area contributed by atoms with Gasteiger partial charge in [-0.15, -0.1) is 0 Å². The second-order valence-electron chi connectivity index (χ2n) is 3.11. The molecule has 6 heteroatoms. The molecule has 0 radical (unpaired) electrons. The van der Waals surface area contributed by atoms with E-state index in [2.05, 4.69) is 15.4 Å². The molecule has 1 fully saturated rings. The Kier molecular flexibility index (Phi) is 4.75.